The fourth-order valence-electron chi connectivity index (χ4n) is 1.52. The molecule has 0 saturated carbocycles. The highest BCUT2D eigenvalue weighted by molar-refractivity contribution is 7.89. The number of rotatable bonds is 7. The van der Waals surface area contributed by atoms with E-state index in [4.69, 9.17) is 5.11 Å². The van der Waals surface area contributed by atoms with Crippen molar-refractivity contribution in [3.63, 3.8) is 0 Å². The lowest BCUT2D eigenvalue weighted by Crippen LogP contribution is -2.45. The van der Waals surface area contributed by atoms with Crippen molar-refractivity contribution in [2.24, 2.45) is 5.92 Å². The first-order chi connectivity index (χ1) is 8.73. The van der Waals surface area contributed by atoms with Gasteiger partial charge >= 0.3 is 5.97 Å². The molecule has 0 spiro atoms. The van der Waals surface area contributed by atoms with E-state index in [-0.39, 0.29) is 11.7 Å². The van der Waals surface area contributed by atoms with Crippen LogP contribution in [-0.2, 0) is 21.2 Å². The van der Waals surface area contributed by atoms with Crippen LogP contribution in [-0.4, -0.2) is 36.3 Å². The zero-order valence-electron chi connectivity index (χ0n) is 11.1. The first-order valence-electron chi connectivity index (χ1n) is 5.84. The van der Waals surface area contributed by atoms with Gasteiger partial charge in [0.1, 0.15) is 6.04 Å². The summed E-state index contributed by atoms with van der Waals surface area (Å²) in [6.45, 7) is 5.14. The summed E-state index contributed by atoms with van der Waals surface area (Å²) in [5, 5.41) is 8.97. The smallest absolute Gasteiger partial charge is 0.321 e. The van der Waals surface area contributed by atoms with Crippen LogP contribution in [0.4, 0.5) is 0 Å². The van der Waals surface area contributed by atoms with Gasteiger partial charge in [-0.3, -0.25) is 4.79 Å². The van der Waals surface area contributed by atoms with Crippen molar-refractivity contribution >= 4 is 27.3 Å². The predicted molar refractivity (Wildman–Crippen MR) is 73.7 cm³/mol. The highest BCUT2D eigenvalue weighted by Crippen LogP contribution is 2.13. The van der Waals surface area contributed by atoms with Gasteiger partial charge < -0.3 is 5.11 Å². The minimum absolute atomic E-state index is 0.132. The molecule has 0 aromatic carbocycles. The molecule has 1 atom stereocenters. The van der Waals surface area contributed by atoms with Crippen LogP contribution in [0.5, 0.6) is 0 Å². The number of aliphatic carboxylic acids is 1. The van der Waals surface area contributed by atoms with E-state index in [0.717, 1.165) is 10.6 Å². The van der Waals surface area contributed by atoms with Gasteiger partial charge in [-0.2, -0.15) is 0 Å². The van der Waals surface area contributed by atoms with Crippen molar-refractivity contribution in [1.82, 2.24) is 9.71 Å². The SMILES string of the molecule is Cc1ncsc1CCS(=O)(=O)N[C@@H](C(=O)O)C(C)C. The zero-order valence-corrected chi connectivity index (χ0v) is 12.7. The van der Waals surface area contributed by atoms with E-state index in [0.29, 0.717) is 6.42 Å². The maximum absolute atomic E-state index is 11.9. The van der Waals surface area contributed by atoms with Crippen LogP contribution in [0.3, 0.4) is 0 Å². The molecular weight excluding hydrogens is 288 g/mol. The van der Waals surface area contributed by atoms with Gasteiger partial charge in [0.25, 0.3) is 0 Å². The molecule has 1 aromatic heterocycles. The number of hydrogen-bond acceptors (Lipinski definition) is 5. The molecule has 1 heterocycles. The Balaban J connectivity index is 2.66. The molecule has 0 unspecified atom stereocenters. The van der Waals surface area contributed by atoms with Crippen LogP contribution < -0.4 is 4.72 Å². The van der Waals surface area contributed by atoms with E-state index < -0.39 is 22.0 Å². The number of hydrogen-bond donors (Lipinski definition) is 2. The summed E-state index contributed by atoms with van der Waals surface area (Å²) in [6, 6.07) is -1.09. The third kappa shape index (κ3) is 4.88. The predicted octanol–water partition coefficient (Wildman–Crippen LogP) is 1.02. The lowest BCUT2D eigenvalue weighted by molar-refractivity contribution is -0.140. The fourth-order valence-corrected chi connectivity index (χ4v) is 3.78. The molecule has 19 heavy (non-hydrogen) atoms. The molecule has 2 N–H and O–H groups in total. The average molecular weight is 306 g/mol. The minimum Gasteiger partial charge on any atom is -0.480 e. The van der Waals surface area contributed by atoms with Crippen LogP contribution >= 0.6 is 11.3 Å². The Morgan fingerprint density at radius 1 is 1.53 bits per heavy atom. The zero-order chi connectivity index (χ0) is 14.6. The summed E-state index contributed by atoms with van der Waals surface area (Å²) in [5.74, 6) is -1.60. The van der Waals surface area contributed by atoms with Crippen molar-refractivity contribution in [2.45, 2.75) is 33.2 Å². The molecule has 0 aliphatic rings. The molecule has 0 aliphatic carbocycles. The van der Waals surface area contributed by atoms with E-state index in [1.54, 1.807) is 19.4 Å². The van der Waals surface area contributed by atoms with Crippen molar-refractivity contribution in [2.75, 3.05) is 5.75 Å². The summed E-state index contributed by atoms with van der Waals surface area (Å²) in [7, 11) is -3.62. The number of aryl methyl sites for hydroxylation is 2. The summed E-state index contributed by atoms with van der Waals surface area (Å²) >= 11 is 1.40. The summed E-state index contributed by atoms with van der Waals surface area (Å²) in [6.07, 6.45) is 0.344. The number of thiazole rings is 1. The van der Waals surface area contributed by atoms with Crippen molar-refractivity contribution in [1.29, 1.82) is 0 Å². The van der Waals surface area contributed by atoms with Crippen molar-refractivity contribution in [3.8, 4) is 0 Å². The number of sulfonamides is 1. The maximum Gasteiger partial charge on any atom is 0.321 e. The van der Waals surface area contributed by atoms with Crippen LogP contribution in [0, 0.1) is 12.8 Å². The van der Waals surface area contributed by atoms with Crippen molar-refractivity contribution < 1.29 is 18.3 Å². The van der Waals surface area contributed by atoms with Crippen molar-refractivity contribution in [3.05, 3.63) is 16.1 Å². The van der Waals surface area contributed by atoms with Gasteiger partial charge in [-0.05, 0) is 19.3 Å². The normalized spacial score (nSPS) is 13.7. The second-order valence-electron chi connectivity index (χ2n) is 4.61. The molecule has 6 nitrogen and oxygen atoms in total. The van der Waals surface area contributed by atoms with Crippen LogP contribution in [0.2, 0.25) is 0 Å². The highest BCUT2D eigenvalue weighted by Gasteiger charge is 2.26. The molecule has 0 fully saturated rings. The molecule has 8 heteroatoms. The van der Waals surface area contributed by atoms with Gasteiger partial charge in [0.05, 0.1) is 17.0 Å². The Kier molecular flexibility index (Phi) is 5.45. The number of carbonyl (C=O) groups is 1. The fraction of sp³-hybridized carbons (Fsp3) is 0.636. The van der Waals surface area contributed by atoms with E-state index >= 15 is 0 Å². The molecule has 0 aliphatic heterocycles. The minimum atomic E-state index is -3.62. The topological polar surface area (TPSA) is 96.4 Å². The Bertz CT molecular complexity index is 537. The number of aromatic nitrogens is 1. The largest absolute Gasteiger partial charge is 0.480 e. The van der Waals surface area contributed by atoms with Gasteiger partial charge in [0.15, 0.2) is 0 Å². The molecule has 1 aromatic rings. The standard InChI is InChI=1S/C11H18N2O4S2/c1-7(2)10(11(14)15)13-19(16,17)5-4-9-8(3)12-6-18-9/h6-7,10,13H,4-5H2,1-3H3,(H,14,15)/t10-/m1/s1. The lowest BCUT2D eigenvalue weighted by Gasteiger charge is -2.17. The highest BCUT2D eigenvalue weighted by atomic mass is 32.2. The van der Waals surface area contributed by atoms with E-state index in [1.807, 2.05) is 6.92 Å². The number of carboxylic acids is 1. The Morgan fingerprint density at radius 2 is 2.16 bits per heavy atom. The van der Waals surface area contributed by atoms with E-state index in [2.05, 4.69) is 9.71 Å². The number of nitrogens with zero attached hydrogens (tertiary/aromatic N) is 1. The van der Waals surface area contributed by atoms with Gasteiger partial charge in [-0.1, -0.05) is 13.8 Å². The Hall–Kier alpha value is -0.990. The van der Waals surface area contributed by atoms with Gasteiger partial charge in [0.2, 0.25) is 10.0 Å². The van der Waals surface area contributed by atoms with E-state index in [1.165, 1.54) is 11.3 Å². The van der Waals surface area contributed by atoms with Gasteiger partial charge in [-0.15, -0.1) is 11.3 Å². The Morgan fingerprint density at radius 3 is 2.58 bits per heavy atom. The first-order valence-corrected chi connectivity index (χ1v) is 8.38. The Labute approximate surface area is 116 Å². The van der Waals surface area contributed by atoms with Gasteiger partial charge in [-0.25, -0.2) is 18.1 Å². The molecular formula is C11H18N2O4S2. The number of carboxylic acid groups (broad SMARTS) is 1. The van der Waals surface area contributed by atoms with E-state index in [9.17, 15) is 13.2 Å². The van der Waals surface area contributed by atoms with Crippen LogP contribution in [0.1, 0.15) is 24.4 Å². The third-order valence-electron chi connectivity index (χ3n) is 2.68. The molecule has 108 valence electrons. The summed E-state index contributed by atoms with van der Waals surface area (Å²) in [4.78, 5) is 15.9. The molecule has 0 saturated heterocycles. The second-order valence-corrected chi connectivity index (χ2v) is 7.42. The van der Waals surface area contributed by atoms with Crippen LogP contribution in [0.15, 0.2) is 5.51 Å². The summed E-state index contributed by atoms with van der Waals surface area (Å²) < 4.78 is 26.0. The summed E-state index contributed by atoms with van der Waals surface area (Å²) in [5.41, 5.74) is 2.48. The quantitative estimate of drug-likeness (QED) is 0.784. The second kappa shape index (κ2) is 6.44. The third-order valence-corrected chi connectivity index (χ3v) is 5.03. The average Bonchev–Trinajstić information content (AvgIpc) is 2.69. The van der Waals surface area contributed by atoms with Crippen LogP contribution in [0.25, 0.3) is 0 Å². The lowest BCUT2D eigenvalue weighted by atomic mass is 10.1. The molecule has 0 bridgehead atoms. The monoisotopic (exact) mass is 306 g/mol. The molecule has 0 amide bonds. The maximum atomic E-state index is 11.9. The number of nitrogens with one attached hydrogen (secondary N) is 1. The van der Waals surface area contributed by atoms with Gasteiger partial charge in [0, 0.05) is 4.88 Å². The molecule has 1 rings (SSSR count). The first kappa shape index (κ1) is 16.1. The molecule has 0 radical (unpaired) electrons.